The second-order valence-electron chi connectivity index (χ2n) is 5.13. The molecule has 0 aliphatic heterocycles. The zero-order valence-electron chi connectivity index (χ0n) is 11.3. The van der Waals surface area contributed by atoms with Crippen molar-refractivity contribution in [3.05, 3.63) is 15.0 Å². The zero-order chi connectivity index (χ0) is 14.5. The monoisotopic (exact) mass is 380 g/mol. The van der Waals surface area contributed by atoms with Gasteiger partial charge in [0.1, 0.15) is 6.10 Å². The van der Waals surface area contributed by atoms with Gasteiger partial charge in [-0.3, -0.25) is 0 Å². The van der Waals surface area contributed by atoms with Gasteiger partial charge in [0, 0.05) is 30.1 Å². The van der Waals surface area contributed by atoms with E-state index in [1.165, 1.54) is 5.01 Å². The highest BCUT2D eigenvalue weighted by atomic mass is 79.9. The van der Waals surface area contributed by atoms with Gasteiger partial charge in [-0.2, -0.15) is 0 Å². The molecule has 1 fully saturated rings. The Labute approximate surface area is 136 Å². The predicted octanol–water partition coefficient (Wildman–Crippen LogP) is 4.29. The first-order chi connectivity index (χ1) is 9.54. The average Bonchev–Trinajstić information content (AvgIpc) is 2.83. The lowest BCUT2D eigenvalue weighted by atomic mass is 9.86. The van der Waals surface area contributed by atoms with Crippen molar-refractivity contribution in [1.82, 2.24) is 10.3 Å². The highest BCUT2D eigenvalue weighted by molar-refractivity contribution is 9.11. The molecular formula is C13H18BrClN2O2S. The van der Waals surface area contributed by atoms with E-state index in [0.717, 1.165) is 29.5 Å². The fraction of sp³-hybridized carbons (Fsp3) is 0.692. The molecule has 0 spiro atoms. The summed E-state index contributed by atoms with van der Waals surface area (Å²) in [5.41, 5.74) is -0.739. The third-order valence-corrected chi connectivity index (χ3v) is 5.29. The maximum Gasteiger partial charge on any atom is 0.404 e. The smallest absolute Gasteiger partial charge is 0.404 e. The Morgan fingerprint density at radius 1 is 1.60 bits per heavy atom. The maximum atomic E-state index is 10.6. The number of carbonyl (C=O) groups is 1. The molecule has 0 radical (unpaired) electrons. The van der Waals surface area contributed by atoms with Gasteiger partial charge < -0.3 is 10.1 Å². The van der Waals surface area contributed by atoms with E-state index in [4.69, 9.17) is 16.3 Å². The number of hydrogen-bond acceptors (Lipinski definition) is 5. The molecule has 1 aromatic rings. The Morgan fingerprint density at radius 3 is 2.85 bits per heavy atom. The lowest BCUT2D eigenvalue weighted by Gasteiger charge is -2.28. The van der Waals surface area contributed by atoms with Crippen molar-refractivity contribution in [3.63, 3.8) is 0 Å². The van der Waals surface area contributed by atoms with Gasteiger partial charge in [-0.1, -0.05) is 0 Å². The van der Waals surface area contributed by atoms with Crippen LogP contribution in [0.5, 0.6) is 0 Å². The van der Waals surface area contributed by atoms with Gasteiger partial charge >= 0.3 is 5.43 Å². The van der Waals surface area contributed by atoms with Gasteiger partial charge in [0.2, 0.25) is 0 Å². The van der Waals surface area contributed by atoms with E-state index < -0.39 is 5.43 Å². The normalized spacial score (nSPS) is 24.4. The third-order valence-electron chi connectivity index (χ3n) is 3.56. The summed E-state index contributed by atoms with van der Waals surface area (Å²) in [6.07, 6.45) is 6.26. The molecule has 0 bridgehead atoms. The van der Waals surface area contributed by atoms with Crippen molar-refractivity contribution in [2.45, 2.75) is 50.7 Å². The van der Waals surface area contributed by atoms with Gasteiger partial charge in [-0.15, -0.1) is 11.3 Å². The molecule has 0 saturated heterocycles. The molecule has 1 aliphatic rings. The van der Waals surface area contributed by atoms with Crippen molar-refractivity contribution in [2.24, 2.45) is 0 Å². The topological polar surface area (TPSA) is 51.2 Å². The lowest BCUT2D eigenvalue weighted by Crippen LogP contribution is -2.38. The van der Waals surface area contributed by atoms with E-state index in [0.29, 0.717) is 18.5 Å². The van der Waals surface area contributed by atoms with Crippen LogP contribution >= 0.6 is 38.9 Å². The number of rotatable bonds is 5. The first-order valence-corrected chi connectivity index (χ1v) is 8.74. The number of halogens is 2. The number of hydrogen-bond donors (Lipinski definition) is 1. The largest absolute Gasteiger partial charge is 0.449 e. The van der Waals surface area contributed by atoms with E-state index in [2.05, 4.69) is 26.2 Å². The number of carbonyl (C=O) groups excluding carboxylic acids is 1. The van der Waals surface area contributed by atoms with Gasteiger partial charge in [0.15, 0.2) is 0 Å². The van der Waals surface area contributed by atoms with Crippen molar-refractivity contribution in [2.75, 3.05) is 6.54 Å². The summed E-state index contributed by atoms with van der Waals surface area (Å²) >= 11 is 10.4. The van der Waals surface area contributed by atoms with Crippen LogP contribution in [0, 0.1) is 0 Å². The second kappa shape index (κ2) is 7.73. The van der Waals surface area contributed by atoms with E-state index in [1.54, 1.807) is 11.3 Å². The second-order valence-corrected chi connectivity index (χ2v) is 7.88. The molecule has 0 aromatic carbocycles. The first kappa shape index (κ1) is 16.2. The Morgan fingerprint density at radius 2 is 2.30 bits per heavy atom. The summed E-state index contributed by atoms with van der Waals surface area (Å²) in [4.78, 5) is 15.1. The fourth-order valence-electron chi connectivity index (χ4n) is 2.53. The van der Waals surface area contributed by atoms with Gasteiger partial charge in [0.05, 0.1) is 15.0 Å². The minimum atomic E-state index is -0.739. The van der Waals surface area contributed by atoms with E-state index in [9.17, 15) is 4.79 Å². The molecule has 1 atom stereocenters. The summed E-state index contributed by atoms with van der Waals surface area (Å²) < 4.78 is 5.99. The third kappa shape index (κ3) is 4.98. The molecule has 1 heterocycles. The molecule has 0 amide bonds. The van der Waals surface area contributed by atoms with Gasteiger partial charge in [-0.05, 0) is 48.5 Å². The van der Waals surface area contributed by atoms with Crippen molar-refractivity contribution < 1.29 is 9.53 Å². The SMILES string of the molecule is CC(CN[C@H]1CC[C@H](c2ncc(Br)s2)CC1)OC(=O)Cl. The van der Waals surface area contributed by atoms with Gasteiger partial charge in [0.25, 0.3) is 0 Å². The van der Waals surface area contributed by atoms with Crippen LogP contribution < -0.4 is 5.32 Å². The summed E-state index contributed by atoms with van der Waals surface area (Å²) in [5.74, 6) is 0.586. The van der Waals surface area contributed by atoms with Crippen LogP contribution in [0.4, 0.5) is 4.79 Å². The minimum absolute atomic E-state index is 0.187. The van der Waals surface area contributed by atoms with Crippen molar-refractivity contribution >= 4 is 44.3 Å². The molecule has 1 N–H and O–H groups in total. The molecule has 1 aliphatic carbocycles. The first-order valence-electron chi connectivity index (χ1n) is 6.75. The van der Waals surface area contributed by atoms with Crippen LogP contribution in [0.15, 0.2) is 9.98 Å². The Kier molecular flexibility index (Phi) is 6.26. The number of thiazole rings is 1. The Hall–Kier alpha value is -0.170. The number of nitrogens with one attached hydrogen (secondary N) is 1. The number of ether oxygens (including phenoxy) is 1. The fourth-order valence-corrected chi connectivity index (χ4v) is 4.10. The van der Waals surface area contributed by atoms with Crippen LogP contribution in [-0.2, 0) is 4.74 Å². The Balaban J connectivity index is 1.70. The molecule has 1 aromatic heterocycles. The summed E-state index contributed by atoms with van der Waals surface area (Å²) in [5, 5.41) is 4.68. The molecule has 1 unspecified atom stereocenters. The van der Waals surface area contributed by atoms with Crippen LogP contribution in [0.3, 0.4) is 0 Å². The summed E-state index contributed by atoms with van der Waals surface area (Å²) in [6.45, 7) is 2.49. The standard InChI is InChI=1S/C13H18BrClN2O2S/c1-8(19-13(15)18)6-16-10-4-2-9(3-5-10)12-17-7-11(14)20-12/h7-10,16H,2-6H2,1H3/t8?,9-,10-. The molecular weight excluding hydrogens is 364 g/mol. The van der Waals surface area contributed by atoms with Crippen LogP contribution in [-0.4, -0.2) is 29.1 Å². The highest BCUT2D eigenvalue weighted by Gasteiger charge is 2.24. The quantitative estimate of drug-likeness (QED) is 0.773. The molecule has 1 saturated carbocycles. The summed E-state index contributed by atoms with van der Waals surface area (Å²) in [7, 11) is 0. The average molecular weight is 382 g/mol. The van der Waals surface area contributed by atoms with Crippen molar-refractivity contribution in [1.29, 1.82) is 0 Å². The molecule has 2 rings (SSSR count). The van der Waals surface area contributed by atoms with Crippen LogP contribution in [0.1, 0.15) is 43.5 Å². The van der Waals surface area contributed by atoms with Crippen LogP contribution in [0.2, 0.25) is 0 Å². The van der Waals surface area contributed by atoms with Gasteiger partial charge in [-0.25, -0.2) is 9.78 Å². The maximum absolute atomic E-state index is 10.6. The number of nitrogens with zero attached hydrogens (tertiary/aromatic N) is 1. The van der Waals surface area contributed by atoms with E-state index in [-0.39, 0.29) is 6.10 Å². The molecule has 112 valence electrons. The summed E-state index contributed by atoms with van der Waals surface area (Å²) in [6, 6.07) is 0.492. The number of aromatic nitrogens is 1. The van der Waals surface area contributed by atoms with Crippen molar-refractivity contribution in [3.8, 4) is 0 Å². The van der Waals surface area contributed by atoms with E-state index in [1.807, 2.05) is 13.1 Å². The zero-order valence-corrected chi connectivity index (χ0v) is 14.4. The molecule has 20 heavy (non-hydrogen) atoms. The lowest BCUT2D eigenvalue weighted by molar-refractivity contribution is 0.126. The van der Waals surface area contributed by atoms with Crippen LogP contribution in [0.25, 0.3) is 0 Å². The highest BCUT2D eigenvalue weighted by Crippen LogP contribution is 2.36. The molecule has 4 nitrogen and oxygen atoms in total. The predicted molar refractivity (Wildman–Crippen MR) is 84.6 cm³/mol. The molecule has 7 heteroatoms. The van der Waals surface area contributed by atoms with E-state index >= 15 is 0 Å². The Bertz CT molecular complexity index is 449. The minimum Gasteiger partial charge on any atom is -0.449 e.